The number of methoxy groups -OCH3 is 2. The average molecular weight is 453 g/mol. The molecule has 9 heteroatoms. The molecule has 2 aromatic rings. The predicted octanol–water partition coefficient (Wildman–Crippen LogP) is 2.69. The summed E-state index contributed by atoms with van der Waals surface area (Å²) in [6.07, 6.45) is 0.362. The van der Waals surface area contributed by atoms with E-state index in [0.29, 0.717) is 55.5 Å². The maximum atomic E-state index is 12.9. The van der Waals surface area contributed by atoms with Crippen LogP contribution in [0.25, 0.3) is 0 Å². The van der Waals surface area contributed by atoms with Crippen molar-refractivity contribution in [1.82, 2.24) is 4.90 Å². The Kier molecular flexibility index (Phi) is 6.67. The number of carbonyl (C=O) groups is 3. The quantitative estimate of drug-likeness (QED) is 0.660. The lowest BCUT2D eigenvalue weighted by Gasteiger charge is -2.19. The SMILES string of the molecule is COc1ccc(CCN2CC(C(=O)Nc3ccccc3N3CCOC3=O)CC2=O)cc1OC. The second-order valence-electron chi connectivity index (χ2n) is 7.95. The van der Waals surface area contributed by atoms with Crippen LogP contribution in [-0.4, -0.2) is 63.3 Å². The number of anilines is 2. The number of hydrogen-bond donors (Lipinski definition) is 1. The molecule has 4 rings (SSSR count). The molecule has 33 heavy (non-hydrogen) atoms. The number of likely N-dealkylation sites (tertiary alicyclic amines) is 1. The Morgan fingerprint density at radius 1 is 1.12 bits per heavy atom. The number of nitrogens with one attached hydrogen (secondary N) is 1. The molecule has 2 aliphatic rings. The molecule has 0 saturated carbocycles. The fourth-order valence-corrected chi connectivity index (χ4v) is 4.13. The maximum absolute atomic E-state index is 12.9. The van der Waals surface area contributed by atoms with Crippen LogP contribution in [0.5, 0.6) is 11.5 Å². The minimum atomic E-state index is -0.457. The van der Waals surface area contributed by atoms with Gasteiger partial charge in [-0.15, -0.1) is 0 Å². The van der Waals surface area contributed by atoms with Gasteiger partial charge in [-0.2, -0.15) is 0 Å². The van der Waals surface area contributed by atoms with Crippen LogP contribution in [0.4, 0.5) is 16.2 Å². The molecule has 9 nitrogen and oxygen atoms in total. The molecule has 2 aliphatic heterocycles. The van der Waals surface area contributed by atoms with Crippen molar-refractivity contribution in [3.8, 4) is 11.5 Å². The molecule has 0 aliphatic carbocycles. The Morgan fingerprint density at radius 3 is 2.64 bits per heavy atom. The smallest absolute Gasteiger partial charge is 0.414 e. The molecule has 2 saturated heterocycles. The van der Waals surface area contributed by atoms with Crippen molar-refractivity contribution >= 4 is 29.3 Å². The number of nitrogens with zero attached hydrogens (tertiary/aromatic N) is 2. The first kappa shape index (κ1) is 22.4. The zero-order chi connectivity index (χ0) is 23.4. The van der Waals surface area contributed by atoms with Crippen molar-refractivity contribution in [2.24, 2.45) is 5.92 Å². The van der Waals surface area contributed by atoms with E-state index < -0.39 is 12.0 Å². The molecule has 1 unspecified atom stereocenters. The van der Waals surface area contributed by atoms with Gasteiger partial charge in [0.15, 0.2) is 11.5 Å². The fraction of sp³-hybridized carbons (Fsp3) is 0.375. The first-order valence-electron chi connectivity index (χ1n) is 10.8. The van der Waals surface area contributed by atoms with E-state index >= 15 is 0 Å². The number of cyclic esters (lactones) is 1. The Bertz CT molecular complexity index is 1060. The van der Waals surface area contributed by atoms with Crippen LogP contribution in [0.15, 0.2) is 42.5 Å². The second kappa shape index (κ2) is 9.81. The van der Waals surface area contributed by atoms with E-state index in [1.165, 1.54) is 4.90 Å². The molecule has 0 spiro atoms. The number of ether oxygens (including phenoxy) is 3. The van der Waals surface area contributed by atoms with Gasteiger partial charge in [0.2, 0.25) is 11.8 Å². The van der Waals surface area contributed by atoms with Gasteiger partial charge in [0.25, 0.3) is 0 Å². The largest absolute Gasteiger partial charge is 0.493 e. The zero-order valence-electron chi connectivity index (χ0n) is 18.7. The van der Waals surface area contributed by atoms with Gasteiger partial charge in [-0.05, 0) is 36.2 Å². The van der Waals surface area contributed by atoms with Crippen LogP contribution in [0.3, 0.4) is 0 Å². The highest BCUT2D eigenvalue weighted by atomic mass is 16.6. The van der Waals surface area contributed by atoms with E-state index in [1.807, 2.05) is 18.2 Å². The van der Waals surface area contributed by atoms with Crippen molar-refractivity contribution in [2.45, 2.75) is 12.8 Å². The first-order valence-corrected chi connectivity index (χ1v) is 10.8. The Labute approximate surface area is 192 Å². The van der Waals surface area contributed by atoms with Crippen molar-refractivity contribution in [1.29, 1.82) is 0 Å². The summed E-state index contributed by atoms with van der Waals surface area (Å²) in [5.74, 6) is 0.545. The molecule has 1 atom stereocenters. The van der Waals surface area contributed by atoms with Crippen LogP contribution in [0.1, 0.15) is 12.0 Å². The number of carbonyl (C=O) groups excluding carboxylic acids is 3. The lowest BCUT2D eigenvalue weighted by molar-refractivity contribution is -0.128. The van der Waals surface area contributed by atoms with Crippen molar-refractivity contribution in [2.75, 3.05) is 50.7 Å². The molecule has 1 N–H and O–H groups in total. The van der Waals surface area contributed by atoms with E-state index in [-0.39, 0.29) is 18.2 Å². The standard InChI is InChI=1S/C24H27N3O6/c1-31-20-8-7-16(13-21(20)32-2)9-10-26-15-17(14-22(26)28)23(29)25-18-5-3-4-6-19(18)27-11-12-33-24(27)30/h3-8,13,17H,9-12,14-15H2,1-2H3,(H,25,29). The summed E-state index contributed by atoms with van der Waals surface area (Å²) < 4.78 is 15.6. The summed E-state index contributed by atoms with van der Waals surface area (Å²) in [6.45, 7) is 1.60. The number of para-hydroxylation sites is 2. The van der Waals surface area contributed by atoms with E-state index in [2.05, 4.69) is 5.32 Å². The van der Waals surface area contributed by atoms with Crippen LogP contribution >= 0.6 is 0 Å². The van der Waals surface area contributed by atoms with Crippen LogP contribution in [-0.2, 0) is 20.7 Å². The van der Waals surface area contributed by atoms with Crippen LogP contribution in [0.2, 0.25) is 0 Å². The second-order valence-corrected chi connectivity index (χ2v) is 7.95. The summed E-state index contributed by atoms with van der Waals surface area (Å²) in [4.78, 5) is 40.6. The van der Waals surface area contributed by atoms with Crippen molar-refractivity contribution in [3.63, 3.8) is 0 Å². The van der Waals surface area contributed by atoms with Gasteiger partial charge < -0.3 is 24.4 Å². The van der Waals surface area contributed by atoms with Crippen molar-refractivity contribution < 1.29 is 28.6 Å². The van der Waals surface area contributed by atoms with Crippen LogP contribution < -0.4 is 19.7 Å². The molecule has 174 valence electrons. The number of benzene rings is 2. The van der Waals surface area contributed by atoms with Gasteiger partial charge in [0.05, 0.1) is 38.1 Å². The molecule has 0 bridgehead atoms. The van der Waals surface area contributed by atoms with E-state index in [1.54, 1.807) is 43.4 Å². The summed E-state index contributed by atoms with van der Waals surface area (Å²) in [7, 11) is 3.17. The molecular weight excluding hydrogens is 426 g/mol. The number of amides is 3. The van der Waals surface area contributed by atoms with Gasteiger partial charge >= 0.3 is 6.09 Å². The predicted molar refractivity (Wildman–Crippen MR) is 122 cm³/mol. The molecule has 3 amide bonds. The molecule has 0 aromatic heterocycles. The van der Waals surface area contributed by atoms with Gasteiger partial charge in [-0.3, -0.25) is 14.5 Å². The molecule has 0 radical (unpaired) electrons. The Morgan fingerprint density at radius 2 is 1.91 bits per heavy atom. The molecular formula is C24H27N3O6. The summed E-state index contributed by atoms with van der Waals surface area (Å²) in [5.41, 5.74) is 2.13. The van der Waals surface area contributed by atoms with E-state index in [9.17, 15) is 14.4 Å². The topological polar surface area (TPSA) is 97.4 Å². The molecule has 2 aromatic carbocycles. The fourth-order valence-electron chi connectivity index (χ4n) is 4.13. The third-order valence-corrected chi connectivity index (χ3v) is 5.92. The van der Waals surface area contributed by atoms with Gasteiger partial charge in [-0.1, -0.05) is 18.2 Å². The highest BCUT2D eigenvalue weighted by Gasteiger charge is 2.35. The lowest BCUT2D eigenvalue weighted by Crippen LogP contribution is -2.30. The number of hydrogen-bond acceptors (Lipinski definition) is 6. The Balaban J connectivity index is 1.37. The lowest BCUT2D eigenvalue weighted by atomic mass is 10.1. The third-order valence-electron chi connectivity index (χ3n) is 5.92. The average Bonchev–Trinajstić information content (AvgIpc) is 3.43. The maximum Gasteiger partial charge on any atom is 0.414 e. The minimum Gasteiger partial charge on any atom is -0.493 e. The summed E-state index contributed by atoms with van der Waals surface area (Å²) >= 11 is 0. The highest BCUT2D eigenvalue weighted by molar-refractivity contribution is 6.02. The van der Waals surface area contributed by atoms with Crippen LogP contribution in [0, 0.1) is 5.92 Å². The zero-order valence-corrected chi connectivity index (χ0v) is 18.7. The van der Waals surface area contributed by atoms with Gasteiger partial charge in [-0.25, -0.2) is 4.79 Å². The minimum absolute atomic E-state index is 0.0490. The summed E-state index contributed by atoms with van der Waals surface area (Å²) in [5, 5.41) is 2.89. The highest BCUT2D eigenvalue weighted by Crippen LogP contribution is 2.30. The van der Waals surface area contributed by atoms with Crippen molar-refractivity contribution in [3.05, 3.63) is 48.0 Å². The summed E-state index contributed by atoms with van der Waals surface area (Å²) in [6, 6.07) is 12.8. The first-order chi connectivity index (χ1) is 16.0. The van der Waals surface area contributed by atoms with E-state index in [4.69, 9.17) is 14.2 Å². The molecule has 2 fully saturated rings. The third kappa shape index (κ3) is 4.87. The normalized spacial score (nSPS) is 17.8. The monoisotopic (exact) mass is 453 g/mol. The number of rotatable bonds is 8. The van der Waals surface area contributed by atoms with E-state index in [0.717, 1.165) is 5.56 Å². The van der Waals surface area contributed by atoms with Gasteiger partial charge in [0, 0.05) is 19.5 Å². The van der Waals surface area contributed by atoms with Gasteiger partial charge in [0.1, 0.15) is 6.61 Å². The molecule has 2 heterocycles. The Hall–Kier alpha value is -3.75.